The van der Waals surface area contributed by atoms with Gasteiger partial charge in [0.2, 0.25) is 0 Å². The van der Waals surface area contributed by atoms with Crippen molar-refractivity contribution in [3.63, 3.8) is 0 Å². The SMILES string of the molecule is CCN1C[C@]2(CC[C@H](NC)CC2)OC2(CC2)C1=O. The normalized spacial score (nSPS) is 38.4. The molecule has 0 aromatic rings. The molecule has 1 saturated heterocycles. The zero-order chi connectivity index (χ0) is 12.8. The van der Waals surface area contributed by atoms with Gasteiger partial charge < -0.3 is 15.0 Å². The van der Waals surface area contributed by atoms with Crippen LogP contribution < -0.4 is 5.32 Å². The van der Waals surface area contributed by atoms with E-state index < -0.39 is 5.60 Å². The first kappa shape index (κ1) is 12.4. The molecule has 0 radical (unpaired) electrons. The summed E-state index contributed by atoms with van der Waals surface area (Å²) >= 11 is 0. The van der Waals surface area contributed by atoms with Crippen molar-refractivity contribution in [2.75, 3.05) is 20.1 Å². The van der Waals surface area contributed by atoms with E-state index >= 15 is 0 Å². The van der Waals surface area contributed by atoms with Crippen LogP contribution >= 0.6 is 0 Å². The van der Waals surface area contributed by atoms with E-state index in [-0.39, 0.29) is 11.5 Å². The molecule has 4 nitrogen and oxygen atoms in total. The van der Waals surface area contributed by atoms with Crippen molar-refractivity contribution in [2.45, 2.75) is 62.7 Å². The van der Waals surface area contributed by atoms with Crippen LogP contribution in [0.2, 0.25) is 0 Å². The van der Waals surface area contributed by atoms with E-state index in [1.54, 1.807) is 0 Å². The highest BCUT2D eigenvalue weighted by molar-refractivity contribution is 5.89. The maximum atomic E-state index is 12.3. The molecule has 2 aliphatic carbocycles. The van der Waals surface area contributed by atoms with Crippen molar-refractivity contribution in [2.24, 2.45) is 0 Å². The number of nitrogens with zero attached hydrogens (tertiary/aromatic N) is 1. The molecule has 0 atom stereocenters. The molecule has 1 N–H and O–H groups in total. The van der Waals surface area contributed by atoms with E-state index in [9.17, 15) is 4.79 Å². The third kappa shape index (κ3) is 1.86. The largest absolute Gasteiger partial charge is 0.357 e. The molecule has 3 aliphatic rings. The number of ether oxygens (including phenoxy) is 1. The molecular formula is C14H24N2O2. The first-order valence-corrected chi connectivity index (χ1v) is 7.30. The lowest BCUT2D eigenvalue weighted by Gasteiger charge is -2.49. The average molecular weight is 252 g/mol. The van der Waals surface area contributed by atoms with Gasteiger partial charge in [-0.15, -0.1) is 0 Å². The summed E-state index contributed by atoms with van der Waals surface area (Å²) in [6.07, 6.45) is 6.36. The molecule has 0 aromatic heterocycles. The Balaban J connectivity index is 1.75. The van der Waals surface area contributed by atoms with Gasteiger partial charge in [0.05, 0.1) is 5.60 Å². The number of likely N-dealkylation sites (N-methyl/N-ethyl adjacent to an activating group) is 1. The van der Waals surface area contributed by atoms with Crippen LogP contribution in [-0.4, -0.2) is 48.2 Å². The Kier molecular flexibility index (Phi) is 2.90. The average Bonchev–Trinajstić information content (AvgIpc) is 3.16. The highest BCUT2D eigenvalue weighted by Gasteiger charge is 2.61. The summed E-state index contributed by atoms with van der Waals surface area (Å²) < 4.78 is 6.33. The van der Waals surface area contributed by atoms with Crippen LogP contribution in [-0.2, 0) is 9.53 Å². The first-order valence-electron chi connectivity index (χ1n) is 7.30. The number of nitrogens with one attached hydrogen (secondary N) is 1. The molecule has 18 heavy (non-hydrogen) atoms. The monoisotopic (exact) mass is 252 g/mol. The Labute approximate surface area is 109 Å². The smallest absolute Gasteiger partial charge is 0.254 e. The predicted octanol–water partition coefficient (Wildman–Crippen LogP) is 1.30. The Morgan fingerprint density at radius 2 is 2.00 bits per heavy atom. The van der Waals surface area contributed by atoms with E-state index in [0.717, 1.165) is 38.8 Å². The highest BCUT2D eigenvalue weighted by atomic mass is 16.5. The second-order valence-corrected chi connectivity index (χ2v) is 6.16. The van der Waals surface area contributed by atoms with Gasteiger partial charge >= 0.3 is 0 Å². The van der Waals surface area contributed by atoms with Gasteiger partial charge in [0, 0.05) is 19.1 Å². The molecule has 1 aliphatic heterocycles. The predicted molar refractivity (Wildman–Crippen MR) is 69.4 cm³/mol. The van der Waals surface area contributed by atoms with Gasteiger partial charge in [0.15, 0.2) is 0 Å². The molecular weight excluding hydrogens is 228 g/mol. The van der Waals surface area contributed by atoms with Gasteiger partial charge in [-0.3, -0.25) is 4.79 Å². The fraction of sp³-hybridized carbons (Fsp3) is 0.929. The van der Waals surface area contributed by atoms with E-state index in [1.807, 2.05) is 11.9 Å². The molecule has 0 aromatic carbocycles. The third-order valence-electron chi connectivity index (χ3n) is 4.96. The molecule has 3 fully saturated rings. The topological polar surface area (TPSA) is 41.6 Å². The van der Waals surface area contributed by atoms with Gasteiger partial charge in [0.25, 0.3) is 5.91 Å². The van der Waals surface area contributed by atoms with Crippen LogP contribution in [0.25, 0.3) is 0 Å². The molecule has 0 bridgehead atoms. The van der Waals surface area contributed by atoms with Gasteiger partial charge in [-0.05, 0) is 52.5 Å². The molecule has 4 heteroatoms. The lowest BCUT2D eigenvalue weighted by atomic mass is 9.80. The highest BCUT2D eigenvalue weighted by Crippen LogP contribution is 2.50. The van der Waals surface area contributed by atoms with Gasteiger partial charge in [-0.1, -0.05) is 0 Å². The fourth-order valence-electron chi connectivity index (χ4n) is 3.58. The summed E-state index contributed by atoms with van der Waals surface area (Å²) in [4.78, 5) is 14.3. The van der Waals surface area contributed by atoms with E-state index in [4.69, 9.17) is 4.74 Å². The maximum absolute atomic E-state index is 12.3. The van der Waals surface area contributed by atoms with Crippen molar-refractivity contribution in [1.29, 1.82) is 0 Å². The molecule has 1 amide bonds. The van der Waals surface area contributed by atoms with Crippen molar-refractivity contribution in [1.82, 2.24) is 10.2 Å². The number of carbonyl (C=O) groups is 1. The molecule has 1 heterocycles. The van der Waals surface area contributed by atoms with Crippen molar-refractivity contribution < 1.29 is 9.53 Å². The first-order chi connectivity index (χ1) is 8.63. The van der Waals surface area contributed by atoms with Crippen LogP contribution in [0.5, 0.6) is 0 Å². The maximum Gasteiger partial charge on any atom is 0.254 e. The van der Waals surface area contributed by atoms with Crippen LogP contribution in [0.4, 0.5) is 0 Å². The number of amides is 1. The van der Waals surface area contributed by atoms with Gasteiger partial charge in [-0.2, -0.15) is 0 Å². The standard InChI is InChI=1S/C14H24N2O2/c1-3-16-10-13(6-4-11(15-2)5-7-13)18-14(8-9-14)12(16)17/h11,15H,3-10H2,1-2H3/t11-,13+. The summed E-state index contributed by atoms with van der Waals surface area (Å²) in [6.45, 7) is 3.70. The van der Waals surface area contributed by atoms with Crippen LogP contribution in [0, 0.1) is 0 Å². The zero-order valence-corrected chi connectivity index (χ0v) is 11.5. The van der Waals surface area contributed by atoms with Crippen LogP contribution in [0.1, 0.15) is 45.4 Å². The number of hydrogen-bond acceptors (Lipinski definition) is 3. The van der Waals surface area contributed by atoms with E-state index in [2.05, 4.69) is 12.2 Å². The molecule has 2 spiro atoms. The van der Waals surface area contributed by atoms with E-state index in [0.29, 0.717) is 6.04 Å². The fourth-order valence-corrected chi connectivity index (χ4v) is 3.58. The van der Waals surface area contributed by atoms with Gasteiger partial charge in [0.1, 0.15) is 5.60 Å². The lowest BCUT2D eigenvalue weighted by Crippen LogP contribution is -2.61. The Bertz CT molecular complexity index is 344. The van der Waals surface area contributed by atoms with Crippen LogP contribution in [0.3, 0.4) is 0 Å². The summed E-state index contributed by atoms with van der Waals surface area (Å²) in [6, 6.07) is 0.627. The summed E-state index contributed by atoms with van der Waals surface area (Å²) in [5.41, 5.74) is -0.464. The minimum atomic E-state index is -0.416. The van der Waals surface area contributed by atoms with E-state index in [1.165, 1.54) is 12.8 Å². The molecule has 3 rings (SSSR count). The zero-order valence-electron chi connectivity index (χ0n) is 11.5. The second kappa shape index (κ2) is 4.20. The summed E-state index contributed by atoms with van der Waals surface area (Å²) in [7, 11) is 2.04. The van der Waals surface area contributed by atoms with Crippen LogP contribution in [0.15, 0.2) is 0 Å². The second-order valence-electron chi connectivity index (χ2n) is 6.16. The van der Waals surface area contributed by atoms with Crippen molar-refractivity contribution in [3.8, 4) is 0 Å². The van der Waals surface area contributed by atoms with Crippen molar-refractivity contribution >= 4 is 5.91 Å². The molecule has 102 valence electrons. The lowest BCUT2D eigenvalue weighted by molar-refractivity contribution is -0.198. The number of rotatable bonds is 2. The Morgan fingerprint density at radius 1 is 1.33 bits per heavy atom. The minimum Gasteiger partial charge on any atom is -0.357 e. The third-order valence-corrected chi connectivity index (χ3v) is 4.96. The van der Waals surface area contributed by atoms with Crippen molar-refractivity contribution in [3.05, 3.63) is 0 Å². The summed E-state index contributed by atoms with van der Waals surface area (Å²) in [5.74, 6) is 0.242. The number of carbonyl (C=O) groups excluding carboxylic acids is 1. The molecule has 2 saturated carbocycles. The quantitative estimate of drug-likeness (QED) is 0.805. The number of hydrogen-bond donors (Lipinski definition) is 1. The number of morpholine rings is 1. The van der Waals surface area contributed by atoms with Gasteiger partial charge in [-0.25, -0.2) is 0 Å². The Hall–Kier alpha value is -0.610. The molecule has 0 unspecified atom stereocenters. The Morgan fingerprint density at radius 3 is 2.50 bits per heavy atom. The minimum absolute atomic E-state index is 0.0478. The summed E-state index contributed by atoms with van der Waals surface area (Å²) in [5, 5.41) is 3.36.